The van der Waals surface area contributed by atoms with E-state index >= 15 is 0 Å². The van der Waals surface area contributed by atoms with Gasteiger partial charge < -0.3 is 5.11 Å². The smallest absolute Gasteiger partial charge is 0.153 e. The molecular weight excluding hydrogens is 245 g/mol. The lowest BCUT2D eigenvalue weighted by Crippen LogP contribution is -2.01. The van der Waals surface area contributed by atoms with Gasteiger partial charge in [0, 0.05) is 17.8 Å². The van der Waals surface area contributed by atoms with E-state index in [-0.39, 0.29) is 5.75 Å². The molecule has 3 aromatic rings. The summed E-state index contributed by atoms with van der Waals surface area (Å²) in [5.41, 5.74) is 0.942. The van der Waals surface area contributed by atoms with Crippen LogP contribution in [-0.4, -0.2) is 19.9 Å². The van der Waals surface area contributed by atoms with Gasteiger partial charge in [0.25, 0.3) is 0 Å². The van der Waals surface area contributed by atoms with Gasteiger partial charge in [0.05, 0.1) is 11.9 Å². The number of aromatic nitrogens is 3. The molecule has 0 spiro atoms. The number of hydrogen-bond acceptors (Lipinski definition) is 3. The minimum absolute atomic E-state index is 0.106. The molecule has 1 N–H and O–H groups in total. The van der Waals surface area contributed by atoms with Crippen LogP contribution in [0.15, 0.2) is 54.9 Å². The van der Waals surface area contributed by atoms with Gasteiger partial charge in [-0.1, -0.05) is 6.07 Å². The van der Waals surface area contributed by atoms with Gasteiger partial charge in [-0.15, -0.1) is 0 Å². The molecule has 0 atom stereocenters. The molecule has 0 fully saturated rings. The zero-order valence-electron chi connectivity index (χ0n) is 9.86. The molecule has 4 nitrogen and oxygen atoms in total. The SMILES string of the molecule is Oc1ccc(-c2ccnn2-c2ccccn2)c(F)c1. The highest BCUT2D eigenvalue weighted by Gasteiger charge is 2.12. The first-order valence-electron chi connectivity index (χ1n) is 5.70. The summed E-state index contributed by atoms with van der Waals surface area (Å²) in [4.78, 5) is 4.18. The Bertz CT molecular complexity index is 710. The Kier molecular flexibility index (Phi) is 2.72. The molecule has 3 rings (SSSR count). The fraction of sp³-hybridized carbons (Fsp3) is 0. The second-order valence-corrected chi connectivity index (χ2v) is 3.98. The van der Waals surface area contributed by atoms with Crippen molar-refractivity contribution in [1.29, 1.82) is 0 Å². The zero-order valence-corrected chi connectivity index (χ0v) is 9.86. The van der Waals surface area contributed by atoms with Gasteiger partial charge in [-0.3, -0.25) is 0 Å². The molecule has 0 saturated heterocycles. The van der Waals surface area contributed by atoms with Crippen LogP contribution in [0.1, 0.15) is 0 Å². The lowest BCUT2D eigenvalue weighted by atomic mass is 10.1. The van der Waals surface area contributed by atoms with Gasteiger partial charge in [0.1, 0.15) is 11.6 Å². The maximum absolute atomic E-state index is 13.9. The topological polar surface area (TPSA) is 50.9 Å². The quantitative estimate of drug-likeness (QED) is 0.766. The molecule has 0 saturated carbocycles. The van der Waals surface area contributed by atoms with Gasteiger partial charge in [0.2, 0.25) is 0 Å². The summed E-state index contributed by atoms with van der Waals surface area (Å²) >= 11 is 0. The predicted octanol–water partition coefficient (Wildman–Crippen LogP) is 2.78. The zero-order chi connectivity index (χ0) is 13.2. The number of halogens is 1. The Morgan fingerprint density at radius 3 is 2.68 bits per heavy atom. The van der Waals surface area contributed by atoms with E-state index in [1.807, 2.05) is 6.07 Å². The molecule has 19 heavy (non-hydrogen) atoms. The van der Waals surface area contributed by atoms with Crippen molar-refractivity contribution >= 4 is 0 Å². The Balaban J connectivity index is 2.15. The Labute approximate surface area is 108 Å². The number of pyridine rings is 1. The third kappa shape index (κ3) is 2.06. The van der Waals surface area contributed by atoms with Gasteiger partial charge in [0.15, 0.2) is 5.82 Å². The molecule has 0 radical (unpaired) electrons. The minimum Gasteiger partial charge on any atom is -0.508 e. The van der Waals surface area contributed by atoms with E-state index in [0.717, 1.165) is 6.07 Å². The van der Waals surface area contributed by atoms with E-state index in [1.54, 1.807) is 35.3 Å². The van der Waals surface area contributed by atoms with Crippen LogP contribution in [0.2, 0.25) is 0 Å². The summed E-state index contributed by atoms with van der Waals surface area (Å²) in [6.07, 6.45) is 3.23. The maximum Gasteiger partial charge on any atom is 0.153 e. The standard InChI is InChI=1S/C14H10FN3O/c15-12-9-10(19)4-5-11(12)13-6-8-17-18(13)14-3-1-2-7-16-14/h1-9,19H. The number of benzene rings is 1. The van der Waals surface area contributed by atoms with Crippen LogP contribution < -0.4 is 0 Å². The predicted molar refractivity (Wildman–Crippen MR) is 68.4 cm³/mol. The highest BCUT2D eigenvalue weighted by molar-refractivity contribution is 5.63. The average molecular weight is 255 g/mol. The number of rotatable bonds is 2. The van der Waals surface area contributed by atoms with Gasteiger partial charge in [-0.05, 0) is 30.3 Å². The molecule has 0 bridgehead atoms. The third-order valence-corrected chi connectivity index (χ3v) is 2.74. The van der Waals surface area contributed by atoms with Crippen molar-refractivity contribution in [3.63, 3.8) is 0 Å². The lowest BCUT2D eigenvalue weighted by molar-refractivity contribution is 0.469. The summed E-state index contributed by atoms with van der Waals surface area (Å²) in [6.45, 7) is 0. The van der Waals surface area contributed by atoms with Crippen molar-refractivity contribution in [1.82, 2.24) is 14.8 Å². The summed E-state index contributed by atoms with van der Waals surface area (Å²) in [6, 6.07) is 11.1. The molecule has 94 valence electrons. The molecule has 0 aliphatic heterocycles. The van der Waals surface area contributed by atoms with Crippen molar-refractivity contribution in [2.45, 2.75) is 0 Å². The Hall–Kier alpha value is -2.69. The van der Waals surface area contributed by atoms with Crippen LogP contribution in [0.3, 0.4) is 0 Å². The third-order valence-electron chi connectivity index (χ3n) is 2.74. The Morgan fingerprint density at radius 1 is 1.05 bits per heavy atom. The molecule has 0 aliphatic rings. The fourth-order valence-corrected chi connectivity index (χ4v) is 1.88. The van der Waals surface area contributed by atoms with Crippen molar-refractivity contribution in [3.05, 3.63) is 60.7 Å². The van der Waals surface area contributed by atoms with E-state index < -0.39 is 5.82 Å². The van der Waals surface area contributed by atoms with E-state index in [1.165, 1.54) is 12.1 Å². The summed E-state index contributed by atoms with van der Waals surface area (Å²) in [5.74, 6) is -0.00203. The van der Waals surface area contributed by atoms with Crippen LogP contribution >= 0.6 is 0 Å². The number of phenolic OH excluding ortho intramolecular Hbond substituents is 1. The first-order chi connectivity index (χ1) is 9.25. The normalized spacial score (nSPS) is 10.6. The fourth-order valence-electron chi connectivity index (χ4n) is 1.88. The second-order valence-electron chi connectivity index (χ2n) is 3.98. The molecule has 5 heteroatoms. The molecule has 2 heterocycles. The van der Waals surface area contributed by atoms with Crippen molar-refractivity contribution < 1.29 is 9.50 Å². The lowest BCUT2D eigenvalue weighted by Gasteiger charge is -2.07. The maximum atomic E-state index is 13.9. The highest BCUT2D eigenvalue weighted by Crippen LogP contribution is 2.26. The first-order valence-corrected chi connectivity index (χ1v) is 5.70. The summed E-state index contributed by atoms with van der Waals surface area (Å²) < 4.78 is 15.4. The van der Waals surface area contributed by atoms with Crippen molar-refractivity contribution in [2.24, 2.45) is 0 Å². The summed E-state index contributed by atoms with van der Waals surface area (Å²) in [7, 11) is 0. The largest absolute Gasteiger partial charge is 0.508 e. The highest BCUT2D eigenvalue weighted by atomic mass is 19.1. The van der Waals surface area contributed by atoms with Crippen molar-refractivity contribution in [3.8, 4) is 22.8 Å². The average Bonchev–Trinajstić information content (AvgIpc) is 2.89. The number of phenols is 1. The molecule has 0 unspecified atom stereocenters. The minimum atomic E-state index is -0.502. The first kappa shape index (κ1) is 11.4. The van der Waals surface area contributed by atoms with Gasteiger partial charge in [-0.2, -0.15) is 5.10 Å². The van der Waals surface area contributed by atoms with Gasteiger partial charge in [-0.25, -0.2) is 14.1 Å². The molecule has 2 aromatic heterocycles. The number of aromatic hydroxyl groups is 1. The Morgan fingerprint density at radius 2 is 1.95 bits per heavy atom. The van der Waals surface area contributed by atoms with E-state index in [9.17, 15) is 9.50 Å². The number of hydrogen-bond donors (Lipinski definition) is 1. The van der Waals surface area contributed by atoms with E-state index in [4.69, 9.17) is 0 Å². The molecule has 1 aromatic carbocycles. The molecular formula is C14H10FN3O. The van der Waals surface area contributed by atoms with Crippen LogP contribution in [0.25, 0.3) is 17.1 Å². The van der Waals surface area contributed by atoms with E-state index in [0.29, 0.717) is 17.1 Å². The second kappa shape index (κ2) is 4.53. The summed E-state index contributed by atoms with van der Waals surface area (Å²) in [5, 5.41) is 13.4. The van der Waals surface area contributed by atoms with Crippen LogP contribution in [0, 0.1) is 5.82 Å². The van der Waals surface area contributed by atoms with E-state index in [2.05, 4.69) is 10.1 Å². The number of nitrogens with zero attached hydrogens (tertiary/aromatic N) is 3. The van der Waals surface area contributed by atoms with Gasteiger partial charge >= 0.3 is 0 Å². The molecule has 0 aliphatic carbocycles. The van der Waals surface area contributed by atoms with Crippen molar-refractivity contribution in [2.75, 3.05) is 0 Å². The molecule has 0 amide bonds. The monoisotopic (exact) mass is 255 g/mol. The van der Waals surface area contributed by atoms with Crippen LogP contribution in [-0.2, 0) is 0 Å². The van der Waals surface area contributed by atoms with Crippen LogP contribution in [0.4, 0.5) is 4.39 Å². The van der Waals surface area contributed by atoms with Crippen LogP contribution in [0.5, 0.6) is 5.75 Å².